The van der Waals surface area contributed by atoms with Gasteiger partial charge in [-0.15, -0.1) is 0 Å². The predicted octanol–water partition coefficient (Wildman–Crippen LogP) is 1.68. The van der Waals surface area contributed by atoms with E-state index in [1.165, 1.54) is 32.1 Å². The van der Waals surface area contributed by atoms with E-state index in [1.807, 2.05) is 6.92 Å². The third-order valence-corrected chi connectivity index (χ3v) is 4.57. The number of piperidine rings is 1. The third-order valence-electron chi connectivity index (χ3n) is 4.57. The van der Waals surface area contributed by atoms with Gasteiger partial charge in [-0.05, 0) is 45.7 Å². The molecule has 0 bridgehead atoms. The zero-order chi connectivity index (χ0) is 13.0. The lowest BCUT2D eigenvalue weighted by Crippen LogP contribution is -2.62. The normalized spacial score (nSPS) is 25.9. The number of carbonyl (C=O) groups is 1. The minimum Gasteiger partial charge on any atom is -0.465 e. The summed E-state index contributed by atoms with van der Waals surface area (Å²) in [7, 11) is 0. The van der Waals surface area contributed by atoms with E-state index in [-0.39, 0.29) is 11.5 Å². The summed E-state index contributed by atoms with van der Waals surface area (Å²) in [6, 6.07) is -0.474. The average Bonchev–Trinajstić information content (AvgIpc) is 2.90. The van der Waals surface area contributed by atoms with Gasteiger partial charge in [-0.3, -0.25) is 9.69 Å². The maximum atomic E-state index is 12.0. The molecular formula is C14H26N2O2. The summed E-state index contributed by atoms with van der Waals surface area (Å²) in [6.07, 6.45) is 8.24. The quantitative estimate of drug-likeness (QED) is 0.775. The first kappa shape index (κ1) is 13.8. The number of likely N-dealkylation sites (tertiary alicyclic amines) is 1. The average molecular weight is 254 g/mol. The highest BCUT2D eigenvalue weighted by Gasteiger charge is 2.48. The van der Waals surface area contributed by atoms with Crippen molar-refractivity contribution in [2.45, 2.75) is 63.5 Å². The van der Waals surface area contributed by atoms with Crippen molar-refractivity contribution in [3.63, 3.8) is 0 Å². The number of hydrogen-bond donors (Lipinski definition) is 1. The highest BCUT2D eigenvalue weighted by Crippen LogP contribution is 2.39. The first-order chi connectivity index (χ1) is 8.70. The summed E-state index contributed by atoms with van der Waals surface area (Å²) < 4.78 is 5.14. The van der Waals surface area contributed by atoms with E-state index in [0.29, 0.717) is 6.61 Å². The van der Waals surface area contributed by atoms with E-state index in [2.05, 4.69) is 4.90 Å². The van der Waals surface area contributed by atoms with Gasteiger partial charge in [0.1, 0.15) is 6.04 Å². The highest BCUT2D eigenvalue weighted by molar-refractivity contribution is 5.77. The van der Waals surface area contributed by atoms with Crippen LogP contribution in [0.4, 0.5) is 0 Å². The van der Waals surface area contributed by atoms with Crippen LogP contribution in [0.15, 0.2) is 0 Å². The molecule has 0 amide bonds. The fourth-order valence-electron chi connectivity index (χ4n) is 3.60. The van der Waals surface area contributed by atoms with Gasteiger partial charge in [0.25, 0.3) is 0 Å². The van der Waals surface area contributed by atoms with Crippen LogP contribution in [0, 0.1) is 0 Å². The lowest BCUT2D eigenvalue weighted by atomic mass is 9.85. The number of nitrogens with zero attached hydrogens (tertiary/aromatic N) is 1. The van der Waals surface area contributed by atoms with Gasteiger partial charge in [-0.2, -0.15) is 0 Å². The van der Waals surface area contributed by atoms with Crippen LogP contribution in [-0.4, -0.2) is 42.1 Å². The molecule has 4 heteroatoms. The van der Waals surface area contributed by atoms with Crippen LogP contribution < -0.4 is 5.73 Å². The van der Waals surface area contributed by atoms with Crippen molar-refractivity contribution in [1.82, 2.24) is 4.90 Å². The molecule has 104 valence electrons. The van der Waals surface area contributed by atoms with Crippen molar-refractivity contribution in [3.05, 3.63) is 0 Å². The molecule has 4 nitrogen and oxygen atoms in total. The maximum Gasteiger partial charge on any atom is 0.324 e. The Morgan fingerprint density at radius 2 is 1.83 bits per heavy atom. The SMILES string of the molecule is CCOC(=O)[C@@H](N)C1(N2CCCCC2)CCCC1. The van der Waals surface area contributed by atoms with Crippen LogP contribution in [0.1, 0.15) is 51.9 Å². The monoisotopic (exact) mass is 254 g/mol. The molecule has 18 heavy (non-hydrogen) atoms. The fraction of sp³-hybridized carbons (Fsp3) is 0.929. The Morgan fingerprint density at radius 1 is 1.22 bits per heavy atom. The second-order valence-corrected chi connectivity index (χ2v) is 5.59. The molecule has 2 N–H and O–H groups in total. The zero-order valence-electron chi connectivity index (χ0n) is 11.5. The molecule has 0 aromatic carbocycles. The van der Waals surface area contributed by atoms with Crippen LogP contribution in [-0.2, 0) is 9.53 Å². The van der Waals surface area contributed by atoms with Crippen LogP contribution in [0.3, 0.4) is 0 Å². The Hall–Kier alpha value is -0.610. The molecule has 1 aliphatic carbocycles. The topological polar surface area (TPSA) is 55.6 Å². The number of nitrogens with two attached hydrogens (primary N) is 1. The molecule has 2 rings (SSSR count). The summed E-state index contributed by atoms with van der Waals surface area (Å²) in [5.41, 5.74) is 6.14. The fourth-order valence-corrected chi connectivity index (χ4v) is 3.60. The minimum absolute atomic E-state index is 0.118. The molecule has 0 aromatic heterocycles. The van der Waals surface area contributed by atoms with Crippen molar-refractivity contribution in [1.29, 1.82) is 0 Å². The molecular weight excluding hydrogens is 228 g/mol. The maximum absolute atomic E-state index is 12.0. The third kappa shape index (κ3) is 2.54. The van der Waals surface area contributed by atoms with Crippen LogP contribution in [0.25, 0.3) is 0 Å². The smallest absolute Gasteiger partial charge is 0.324 e. The molecule has 1 saturated heterocycles. The Kier molecular flexibility index (Phi) is 4.62. The molecule has 0 spiro atoms. The van der Waals surface area contributed by atoms with E-state index >= 15 is 0 Å². The molecule has 2 fully saturated rings. The lowest BCUT2D eigenvalue weighted by Gasteiger charge is -2.46. The molecule has 1 heterocycles. The van der Waals surface area contributed by atoms with E-state index in [0.717, 1.165) is 25.9 Å². The molecule has 1 saturated carbocycles. The number of rotatable bonds is 4. The van der Waals surface area contributed by atoms with Crippen molar-refractivity contribution < 1.29 is 9.53 Å². The van der Waals surface area contributed by atoms with Gasteiger partial charge in [0, 0.05) is 5.54 Å². The molecule has 2 aliphatic rings. The summed E-state index contributed by atoms with van der Waals surface area (Å²) in [5.74, 6) is -0.218. The van der Waals surface area contributed by atoms with Crippen LogP contribution >= 0.6 is 0 Å². The first-order valence-electron chi connectivity index (χ1n) is 7.38. The second kappa shape index (κ2) is 6.02. The van der Waals surface area contributed by atoms with Gasteiger partial charge >= 0.3 is 5.97 Å². The summed E-state index contributed by atoms with van der Waals surface area (Å²) in [6.45, 7) is 4.44. The van der Waals surface area contributed by atoms with Crippen molar-refractivity contribution in [2.75, 3.05) is 19.7 Å². The first-order valence-corrected chi connectivity index (χ1v) is 7.38. The second-order valence-electron chi connectivity index (χ2n) is 5.59. The Morgan fingerprint density at radius 3 is 2.39 bits per heavy atom. The van der Waals surface area contributed by atoms with Crippen molar-refractivity contribution in [2.24, 2.45) is 5.73 Å². The van der Waals surface area contributed by atoms with Gasteiger partial charge in [0.05, 0.1) is 6.61 Å². The number of esters is 1. The molecule has 0 unspecified atom stereocenters. The Bertz CT molecular complexity index is 282. The van der Waals surface area contributed by atoms with Gasteiger partial charge < -0.3 is 10.5 Å². The van der Waals surface area contributed by atoms with Gasteiger partial charge in [0.2, 0.25) is 0 Å². The van der Waals surface area contributed by atoms with E-state index in [4.69, 9.17) is 10.5 Å². The lowest BCUT2D eigenvalue weighted by molar-refractivity contribution is -0.149. The van der Waals surface area contributed by atoms with E-state index in [9.17, 15) is 4.79 Å². The van der Waals surface area contributed by atoms with E-state index < -0.39 is 6.04 Å². The van der Waals surface area contributed by atoms with Crippen molar-refractivity contribution >= 4 is 5.97 Å². The van der Waals surface area contributed by atoms with Gasteiger partial charge in [-0.1, -0.05) is 19.3 Å². The number of ether oxygens (including phenoxy) is 1. The van der Waals surface area contributed by atoms with Gasteiger partial charge in [-0.25, -0.2) is 0 Å². The van der Waals surface area contributed by atoms with Crippen LogP contribution in [0.2, 0.25) is 0 Å². The summed E-state index contributed by atoms with van der Waals surface area (Å²) in [4.78, 5) is 14.5. The standard InChI is InChI=1S/C14H26N2O2/c1-2-18-13(17)12(15)14(8-4-5-9-14)16-10-6-3-7-11-16/h12H,2-11,15H2,1H3/t12-/m1/s1. The Balaban J connectivity index is 2.12. The Labute approximate surface area is 110 Å². The van der Waals surface area contributed by atoms with Crippen LogP contribution in [0.5, 0.6) is 0 Å². The highest BCUT2D eigenvalue weighted by atomic mass is 16.5. The molecule has 0 radical (unpaired) electrons. The predicted molar refractivity (Wildman–Crippen MR) is 71.2 cm³/mol. The number of hydrogen-bond acceptors (Lipinski definition) is 4. The van der Waals surface area contributed by atoms with Crippen molar-refractivity contribution in [3.8, 4) is 0 Å². The minimum atomic E-state index is -0.474. The largest absolute Gasteiger partial charge is 0.465 e. The summed E-state index contributed by atoms with van der Waals surface area (Å²) in [5, 5.41) is 0. The molecule has 1 aliphatic heterocycles. The van der Waals surface area contributed by atoms with Gasteiger partial charge in [0.15, 0.2) is 0 Å². The zero-order valence-corrected chi connectivity index (χ0v) is 11.5. The molecule has 0 aromatic rings. The molecule has 1 atom stereocenters. The number of carbonyl (C=O) groups excluding carboxylic acids is 1. The van der Waals surface area contributed by atoms with E-state index in [1.54, 1.807) is 0 Å². The summed E-state index contributed by atoms with van der Waals surface area (Å²) >= 11 is 0.